The maximum atomic E-state index is 3.67. The van der Waals surface area contributed by atoms with Gasteiger partial charge in [-0.15, -0.1) is 0 Å². The van der Waals surface area contributed by atoms with E-state index in [1.165, 1.54) is 19.4 Å². The van der Waals surface area contributed by atoms with E-state index in [2.05, 4.69) is 12.2 Å². The standard InChI is InChI=1S/C13H23N/c1-9-2-4-12(8-14-9)13-7-10-3-5-11(13)6-10/h9-14H,2-8H2,1H3. The lowest BCUT2D eigenvalue weighted by molar-refractivity contribution is 0.176. The molecule has 1 saturated heterocycles. The number of fused-ring (bicyclic) bond motifs is 2. The second-order valence-electron chi connectivity index (χ2n) is 5.99. The Bertz CT molecular complexity index is 205. The Morgan fingerprint density at radius 1 is 0.929 bits per heavy atom. The summed E-state index contributed by atoms with van der Waals surface area (Å²) >= 11 is 0. The van der Waals surface area contributed by atoms with Gasteiger partial charge in [-0.3, -0.25) is 0 Å². The molecule has 2 aliphatic carbocycles. The first-order chi connectivity index (χ1) is 6.83. The molecule has 0 radical (unpaired) electrons. The summed E-state index contributed by atoms with van der Waals surface area (Å²) in [5.74, 6) is 4.39. The SMILES string of the molecule is CC1CCC(C2CC3CCC2C3)CN1. The van der Waals surface area contributed by atoms with Crippen LogP contribution in [-0.2, 0) is 0 Å². The fourth-order valence-corrected chi connectivity index (χ4v) is 4.26. The summed E-state index contributed by atoms with van der Waals surface area (Å²) in [6, 6.07) is 0.782. The topological polar surface area (TPSA) is 12.0 Å². The highest BCUT2D eigenvalue weighted by Crippen LogP contribution is 2.52. The van der Waals surface area contributed by atoms with Crippen LogP contribution in [0.1, 0.15) is 45.4 Å². The van der Waals surface area contributed by atoms with Crippen LogP contribution in [0.4, 0.5) is 0 Å². The van der Waals surface area contributed by atoms with Crippen LogP contribution >= 0.6 is 0 Å². The average molecular weight is 193 g/mol. The van der Waals surface area contributed by atoms with Crippen molar-refractivity contribution < 1.29 is 0 Å². The van der Waals surface area contributed by atoms with Gasteiger partial charge in [-0.1, -0.05) is 6.42 Å². The molecule has 1 heterocycles. The Kier molecular flexibility index (Phi) is 2.31. The van der Waals surface area contributed by atoms with Gasteiger partial charge in [0.15, 0.2) is 0 Å². The highest BCUT2D eigenvalue weighted by atomic mass is 14.9. The Morgan fingerprint density at radius 3 is 2.36 bits per heavy atom. The van der Waals surface area contributed by atoms with Crippen LogP contribution in [0.5, 0.6) is 0 Å². The molecule has 0 aromatic carbocycles. The zero-order valence-corrected chi connectivity index (χ0v) is 9.34. The quantitative estimate of drug-likeness (QED) is 0.675. The Labute approximate surface area is 87.7 Å². The highest BCUT2D eigenvalue weighted by Gasteiger charge is 2.43. The third kappa shape index (κ3) is 1.50. The maximum absolute atomic E-state index is 3.67. The molecular weight excluding hydrogens is 170 g/mol. The number of nitrogens with one attached hydrogen (secondary N) is 1. The first-order valence-corrected chi connectivity index (χ1v) is 6.56. The summed E-state index contributed by atoms with van der Waals surface area (Å²) in [7, 11) is 0. The molecule has 5 unspecified atom stereocenters. The van der Waals surface area contributed by atoms with Gasteiger partial charge in [0, 0.05) is 6.04 Å². The van der Waals surface area contributed by atoms with Gasteiger partial charge in [0.05, 0.1) is 0 Å². The predicted octanol–water partition coefficient (Wildman–Crippen LogP) is 2.81. The van der Waals surface area contributed by atoms with Crippen molar-refractivity contribution in [1.29, 1.82) is 0 Å². The molecule has 0 spiro atoms. The fraction of sp³-hybridized carbons (Fsp3) is 1.00. The summed E-state index contributed by atoms with van der Waals surface area (Å²) in [5.41, 5.74) is 0. The van der Waals surface area contributed by atoms with E-state index in [0.717, 1.165) is 29.7 Å². The zero-order valence-electron chi connectivity index (χ0n) is 9.34. The van der Waals surface area contributed by atoms with Crippen LogP contribution < -0.4 is 5.32 Å². The highest BCUT2D eigenvalue weighted by molar-refractivity contribution is 4.94. The average Bonchev–Trinajstić information content (AvgIpc) is 2.80. The van der Waals surface area contributed by atoms with Crippen molar-refractivity contribution in [3.8, 4) is 0 Å². The smallest absolute Gasteiger partial charge is 0.00389 e. The molecule has 3 aliphatic rings. The van der Waals surface area contributed by atoms with E-state index in [1.54, 1.807) is 25.7 Å². The third-order valence-corrected chi connectivity index (χ3v) is 5.10. The van der Waals surface area contributed by atoms with Crippen LogP contribution in [0.3, 0.4) is 0 Å². The van der Waals surface area contributed by atoms with Crippen molar-refractivity contribution in [2.24, 2.45) is 23.7 Å². The van der Waals surface area contributed by atoms with Crippen LogP contribution in [0.2, 0.25) is 0 Å². The van der Waals surface area contributed by atoms with Crippen molar-refractivity contribution in [3.63, 3.8) is 0 Å². The number of rotatable bonds is 1. The van der Waals surface area contributed by atoms with Crippen molar-refractivity contribution in [1.82, 2.24) is 5.32 Å². The van der Waals surface area contributed by atoms with E-state index in [1.807, 2.05) is 0 Å². The van der Waals surface area contributed by atoms with Crippen LogP contribution in [0.15, 0.2) is 0 Å². The third-order valence-electron chi connectivity index (χ3n) is 5.10. The predicted molar refractivity (Wildman–Crippen MR) is 59.1 cm³/mol. The van der Waals surface area contributed by atoms with Crippen molar-refractivity contribution in [3.05, 3.63) is 0 Å². The number of hydrogen-bond donors (Lipinski definition) is 1. The number of hydrogen-bond acceptors (Lipinski definition) is 1. The molecule has 0 aromatic heterocycles. The fourth-order valence-electron chi connectivity index (χ4n) is 4.26. The van der Waals surface area contributed by atoms with Gasteiger partial charge < -0.3 is 5.32 Å². The van der Waals surface area contributed by atoms with Crippen molar-refractivity contribution in [2.45, 2.75) is 51.5 Å². The normalized spacial score (nSPS) is 52.5. The number of piperidine rings is 1. The van der Waals surface area contributed by atoms with E-state index in [-0.39, 0.29) is 0 Å². The van der Waals surface area contributed by atoms with Crippen molar-refractivity contribution >= 4 is 0 Å². The van der Waals surface area contributed by atoms with Gasteiger partial charge in [-0.2, -0.15) is 0 Å². The molecule has 3 fully saturated rings. The van der Waals surface area contributed by atoms with Gasteiger partial charge in [-0.05, 0) is 69.2 Å². The summed E-state index contributed by atoms with van der Waals surface area (Å²) < 4.78 is 0. The lowest BCUT2D eigenvalue weighted by Gasteiger charge is -2.35. The molecular formula is C13H23N. The Morgan fingerprint density at radius 2 is 1.79 bits per heavy atom. The molecule has 2 bridgehead atoms. The van der Waals surface area contributed by atoms with E-state index >= 15 is 0 Å². The zero-order chi connectivity index (χ0) is 9.54. The van der Waals surface area contributed by atoms with E-state index in [4.69, 9.17) is 0 Å². The molecule has 14 heavy (non-hydrogen) atoms. The van der Waals surface area contributed by atoms with Gasteiger partial charge in [0.25, 0.3) is 0 Å². The van der Waals surface area contributed by atoms with E-state index in [0.29, 0.717) is 0 Å². The first kappa shape index (κ1) is 9.21. The largest absolute Gasteiger partial charge is 0.314 e. The monoisotopic (exact) mass is 193 g/mol. The molecule has 1 aliphatic heterocycles. The van der Waals surface area contributed by atoms with E-state index < -0.39 is 0 Å². The van der Waals surface area contributed by atoms with Gasteiger partial charge in [0.2, 0.25) is 0 Å². The summed E-state index contributed by atoms with van der Waals surface area (Å²) in [6.45, 7) is 3.64. The minimum Gasteiger partial charge on any atom is -0.314 e. The Hall–Kier alpha value is -0.0400. The second kappa shape index (κ2) is 3.52. The molecule has 3 rings (SSSR count). The molecule has 1 heteroatoms. The Balaban J connectivity index is 1.61. The van der Waals surface area contributed by atoms with Gasteiger partial charge in [0.1, 0.15) is 0 Å². The van der Waals surface area contributed by atoms with Crippen LogP contribution in [0, 0.1) is 23.7 Å². The van der Waals surface area contributed by atoms with Gasteiger partial charge in [-0.25, -0.2) is 0 Å². The summed E-state index contributed by atoms with van der Waals surface area (Å²) in [5, 5.41) is 3.67. The molecule has 1 N–H and O–H groups in total. The molecule has 1 nitrogen and oxygen atoms in total. The van der Waals surface area contributed by atoms with Crippen LogP contribution in [0.25, 0.3) is 0 Å². The lowest BCUT2D eigenvalue weighted by Crippen LogP contribution is -2.40. The molecule has 5 atom stereocenters. The molecule has 0 amide bonds. The first-order valence-electron chi connectivity index (χ1n) is 6.56. The second-order valence-corrected chi connectivity index (χ2v) is 5.99. The van der Waals surface area contributed by atoms with E-state index in [9.17, 15) is 0 Å². The lowest BCUT2D eigenvalue weighted by atomic mass is 9.75. The minimum absolute atomic E-state index is 0.782. The molecule has 80 valence electrons. The van der Waals surface area contributed by atoms with Gasteiger partial charge >= 0.3 is 0 Å². The summed E-state index contributed by atoms with van der Waals surface area (Å²) in [4.78, 5) is 0. The van der Waals surface area contributed by atoms with Crippen molar-refractivity contribution in [2.75, 3.05) is 6.54 Å². The molecule has 2 saturated carbocycles. The van der Waals surface area contributed by atoms with Crippen LogP contribution in [-0.4, -0.2) is 12.6 Å². The minimum atomic E-state index is 0.782. The maximum Gasteiger partial charge on any atom is 0.00389 e. The summed E-state index contributed by atoms with van der Waals surface area (Å²) in [6.07, 6.45) is 9.18. The molecule has 0 aromatic rings.